The summed E-state index contributed by atoms with van der Waals surface area (Å²) >= 11 is 0. The zero-order valence-electron chi connectivity index (χ0n) is 16.4. The molecule has 0 bridgehead atoms. The van der Waals surface area contributed by atoms with Gasteiger partial charge in [-0.25, -0.2) is 0 Å². The van der Waals surface area contributed by atoms with Gasteiger partial charge < -0.3 is 4.43 Å². The lowest BCUT2D eigenvalue weighted by atomic mass is 10.0. The van der Waals surface area contributed by atoms with Crippen molar-refractivity contribution in [3.63, 3.8) is 0 Å². The second-order valence-electron chi connectivity index (χ2n) is 8.28. The third-order valence-corrected chi connectivity index (χ3v) is 14.4. The Hall–Kier alpha value is 0.394. The largest absolute Gasteiger partial charge is 0.417 e. The minimum Gasteiger partial charge on any atom is -0.417 e. The van der Waals surface area contributed by atoms with E-state index in [2.05, 4.69) is 60.8 Å². The molecule has 2 unspecified atom stereocenters. The molecule has 2 atom stereocenters. The van der Waals surface area contributed by atoms with Gasteiger partial charge in [-0.3, -0.25) is 0 Å². The minimum absolute atomic E-state index is 0.421. The zero-order chi connectivity index (χ0) is 16.7. The first-order valence-electron chi connectivity index (χ1n) is 9.28. The first-order valence-corrected chi connectivity index (χ1v) is 15.5. The number of unbranched alkanes of at least 4 members (excludes halogenated alkanes) is 1. The van der Waals surface area contributed by atoms with Crippen molar-refractivity contribution in [3.05, 3.63) is 0 Å². The summed E-state index contributed by atoms with van der Waals surface area (Å²) in [5.41, 5.74) is 0.549. The van der Waals surface area contributed by atoms with E-state index in [1.165, 1.54) is 44.6 Å². The molecule has 0 aliphatic rings. The van der Waals surface area contributed by atoms with Crippen molar-refractivity contribution >= 4 is 16.4 Å². The Morgan fingerprint density at radius 2 is 1.52 bits per heavy atom. The highest BCUT2D eigenvalue weighted by atomic mass is 28.4. The van der Waals surface area contributed by atoms with Crippen molar-refractivity contribution in [2.45, 2.75) is 116 Å². The lowest BCUT2D eigenvalue weighted by Crippen LogP contribution is -2.53. The minimum atomic E-state index is -1.68. The van der Waals surface area contributed by atoms with Crippen LogP contribution in [0.15, 0.2) is 0 Å². The van der Waals surface area contributed by atoms with Crippen molar-refractivity contribution in [2.75, 3.05) is 0 Å². The van der Waals surface area contributed by atoms with Crippen molar-refractivity contribution in [2.24, 2.45) is 0 Å². The first kappa shape index (κ1) is 21.4. The van der Waals surface area contributed by atoms with Crippen molar-refractivity contribution in [1.29, 1.82) is 0 Å². The van der Waals surface area contributed by atoms with Gasteiger partial charge in [0.15, 0.2) is 8.32 Å². The van der Waals surface area contributed by atoms with E-state index in [0.29, 0.717) is 10.8 Å². The van der Waals surface area contributed by atoms with Crippen LogP contribution in [0, 0.1) is 0 Å². The van der Waals surface area contributed by atoms with Gasteiger partial charge in [0, 0.05) is 5.73 Å². The van der Waals surface area contributed by atoms with E-state index in [-0.39, 0.29) is 0 Å². The summed E-state index contributed by atoms with van der Waals surface area (Å²) in [6.45, 7) is 21.8. The number of hydrogen-bond acceptors (Lipinski definition) is 1. The summed E-state index contributed by atoms with van der Waals surface area (Å²) in [7, 11) is -2.94. The van der Waals surface area contributed by atoms with Crippen LogP contribution in [0.4, 0.5) is 0 Å². The molecule has 0 aromatic rings. The molecule has 21 heavy (non-hydrogen) atoms. The summed E-state index contributed by atoms with van der Waals surface area (Å²) in [5.74, 6) is 0. The van der Waals surface area contributed by atoms with Gasteiger partial charge in [-0.15, -0.1) is 0 Å². The third-order valence-electron chi connectivity index (χ3n) is 5.89. The molecule has 0 rings (SSSR count). The Kier molecular flexibility index (Phi) is 9.04. The van der Waals surface area contributed by atoms with Crippen LogP contribution in [-0.2, 0) is 4.43 Å². The summed E-state index contributed by atoms with van der Waals surface area (Å²) in [4.78, 5) is 0. The van der Waals surface area contributed by atoms with Gasteiger partial charge in [0.2, 0.25) is 0 Å². The van der Waals surface area contributed by atoms with Crippen LogP contribution in [0.25, 0.3) is 0 Å². The van der Waals surface area contributed by atoms with Crippen molar-refractivity contribution < 1.29 is 4.43 Å². The van der Waals surface area contributed by atoms with Gasteiger partial charge in [0.25, 0.3) is 0 Å². The van der Waals surface area contributed by atoms with E-state index in [0.717, 1.165) is 0 Å². The molecule has 0 fully saturated rings. The van der Waals surface area contributed by atoms with Crippen LogP contribution < -0.4 is 0 Å². The first-order chi connectivity index (χ1) is 9.60. The molecule has 0 heterocycles. The van der Waals surface area contributed by atoms with E-state index >= 15 is 0 Å². The van der Waals surface area contributed by atoms with E-state index in [4.69, 9.17) is 4.43 Å². The number of hydrogen-bond donors (Lipinski definition) is 0. The predicted molar refractivity (Wildman–Crippen MR) is 103 cm³/mol. The second kappa shape index (κ2) is 8.88. The molecule has 0 aromatic carbocycles. The van der Waals surface area contributed by atoms with Gasteiger partial charge in [0.1, 0.15) is 0 Å². The molecule has 0 N–H and O–H groups in total. The fourth-order valence-electron chi connectivity index (χ4n) is 3.54. The summed E-state index contributed by atoms with van der Waals surface area (Å²) in [6, 6.07) is 1.42. The molecule has 0 aliphatic heterocycles. The Bertz CT molecular complexity index is 289. The van der Waals surface area contributed by atoms with E-state index < -0.39 is 16.4 Å². The summed E-state index contributed by atoms with van der Waals surface area (Å²) in [5, 5.41) is 0.421. The molecule has 3 heteroatoms. The molecule has 0 aromatic heterocycles. The Morgan fingerprint density at radius 3 is 1.90 bits per heavy atom. The fourth-order valence-corrected chi connectivity index (χ4v) is 11.3. The second-order valence-corrected chi connectivity index (χ2v) is 17.9. The van der Waals surface area contributed by atoms with Crippen LogP contribution in [0.3, 0.4) is 0 Å². The lowest BCUT2D eigenvalue weighted by molar-refractivity contribution is 0.228. The highest BCUT2D eigenvalue weighted by Crippen LogP contribution is 2.47. The van der Waals surface area contributed by atoms with Crippen LogP contribution in [-0.4, -0.2) is 22.1 Å². The monoisotopic (exact) mass is 330 g/mol. The van der Waals surface area contributed by atoms with Gasteiger partial charge in [-0.2, -0.15) is 0 Å². The quantitative estimate of drug-likeness (QED) is 0.370. The summed E-state index contributed by atoms with van der Waals surface area (Å²) in [6.07, 6.45) is 7.74. The number of rotatable bonds is 11. The normalized spacial score (nSPS) is 17.6. The van der Waals surface area contributed by atoms with Gasteiger partial charge in [-0.05, 0) is 31.0 Å². The molecule has 128 valence electrons. The lowest BCUT2D eigenvalue weighted by Gasteiger charge is -2.46. The van der Waals surface area contributed by atoms with Crippen molar-refractivity contribution in [3.8, 4) is 0 Å². The van der Waals surface area contributed by atoms with E-state index in [1.54, 1.807) is 0 Å². The van der Waals surface area contributed by atoms with Gasteiger partial charge >= 0.3 is 0 Å². The maximum absolute atomic E-state index is 6.96. The average Bonchev–Trinajstić information content (AvgIpc) is 2.42. The smallest absolute Gasteiger partial charge is 0.192 e. The van der Waals surface area contributed by atoms with E-state index in [9.17, 15) is 0 Å². The van der Waals surface area contributed by atoms with E-state index in [1.807, 2.05) is 0 Å². The topological polar surface area (TPSA) is 9.23 Å². The maximum atomic E-state index is 6.96. The highest BCUT2D eigenvalue weighted by molar-refractivity contribution is 6.81. The molecule has 0 saturated carbocycles. The van der Waals surface area contributed by atoms with Gasteiger partial charge in [0.05, 0.1) is 8.07 Å². The van der Waals surface area contributed by atoms with Crippen LogP contribution in [0.1, 0.15) is 73.1 Å². The molecule has 0 radical (unpaired) electrons. The predicted octanol–water partition coefficient (Wildman–Crippen LogP) is 7.00. The molecular formula is C18H42OSi2. The van der Waals surface area contributed by atoms with Crippen LogP contribution >= 0.6 is 0 Å². The zero-order valence-corrected chi connectivity index (χ0v) is 18.4. The Morgan fingerprint density at radius 1 is 0.952 bits per heavy atom. The molecule has 0 aliphatic carbocycles. The van der Waals surface area contributed by atoms with Gasteiger partial charge in [-0.1, -0.05) is 79.4 Å². The molecular weight excluding hydrogens is 288 g/mol. The third kappa shape index (κ3) is 5.83. The summed E-state index contributed by atoms with van der Waals surface area (Å²) < 4.78 is 6.96. The molecule has 0 amide bonds. The Labute approximate surface area is 137 Å². The SMILES string of the molecule is CCCC[Si](C)(C)C(CC)O[Si](C)(C)C(C)(CC)CCC. The standard InChI is InChI=1S/C18H42OSi2/c1-10-14-16-20(6,7)17(12-3)19-21(8,9)18(5,13-4)15-11-2/h17H,10-16H2,1-9H3. The molecule has 0 saturated heterocycles. The Balaban J connectivity index is 5.08. The van der Waals surface area contributed by atoms with Crippen LogP contribution in [0.2, 0.25) is 37.3 Å². The molecule has 0 spiro atoms. The van der Waals surface area contributed by atoms with Crippen molar-refractivity contribution in [1.82, 2.24) is 0 Å². The fraction of sp³-hybridized carbons (Fsp3) is 1.00. The maximum Gasteiger partial charge on any atom is 0.192 e. The van der Waals surface area contributed by atoms with Crippen LogP contribution in [0.5, 0.6) is 0 Å². The average molecular weight is 331 g/mol. The molecule has 1 nitrogen and oxygen atoms in total. The highest BCUT2D eigenvalue weighted by Gasteiger charge is 2.46.